The van der Waals surface area contributed by atoms with E-state index in [0.29, 0.717) is 0 Å². The van der Waals surface area contributed by atoms with Gasteiger partial charge in [-0.2, -0.15) is 0 Å². The maximum absolute atomic E-state index is 11.8. The number of halogens is 2. The van der Waals surface area contributed by atoms with E-state index in [1.54, 1.807) is 0 Å². The van der Waals surface area contributed by atoms with Gasteiger partial charge in [0.25, 0.3) is 0 Å². The lowest BCUT2D eigenvalue weighted by Crippen LogP contribution is -2.38. The highest BCUT2D eigenvalue weighted by molar-refractivity contribution is 9.10. The third-order valence-electron chi connectivity index (χ3n) is 7.15. The van der Waals surface area contributed by atoms with E-state index in [2.05, 4.69) is 108 Å². The number of rotatable bonds is 0. The zero-order valence-electron chi connectivity index (χ0n) is 17.3. The van der Waals surface area contributed by atoms with Crippen LogP contribution in [-0.4, -0.2) is 5.11 Å². The lowest BCUT2D eigenvalue weighted by Gasteiger charge is -2.43. The SMILES string of the molecule is CC1(C)c2cc(Br)ccc2-c2cc3c(cc21)C(C)(O)c1cc(Br)ccc1C3(C)C. The molecule has 2 aliphatic carbocycles. The fourth-order valence-electron chi connectivity index (χ4n) is 5.43. The molecule has 0 spiro atoms. The van der Waals surface area contributed by atoms with Gasteiger partial charge in [0.1, 0.15) is 5.60 Å². The van der Waals surface area contributed by atoms with Gasteiger partial charge in [-0.25, -0.2) is 0 Å². The summed E-state index contributed by atoms with van der Waals surface area (Å²) in [5.41, 5.74) is 8.28. The van der Waals surface area contributed by atoms with Crippen LogP contribution < -0.4 is 0 Å². The predicted molar refractivity (Wildman–Crippen MR) is 127 cm³/mol. The molecule has 3 aromatic carbocycles. The van der Waals surface area contributed by atoms with Crippen LogP contribution in [0.3, 0.4) is 0 Å². The molecule has 3 heteroatoms. The molecule has 0 saturated heterocycles. The molecule has 1 unspecified atom stereocenters. The van der Waals surface area contributed by atoms with Crippen LogP contribution in [-0.2, 0) is 16.4 Å². The van der Waals surface area contributed by atoms with Crippen molar-refractivity contribution in [2.45, 2.75) is 51.0 Å². The van der Waals surface area contributed by atoms with Gasteiger partial charge in [-0.1, -0.05) is 77.8 Å². The highest BCUT2D eigenvalue weighted by Gasteiger charge is 2.46. The molecule has 29 heavy (non-hydrogen) atoms. The normalized spacial score (nSPS) is 22.5. The first-order valence-corrected chi connectivity index (χ1v) is 11.6. The third-order valence-corrected chi connectivity index (χ3v) is 8.14. The molecular weight excluding hydrogens is 488 g/mol. The predicted octanol–water partition coefficient (Wildman–Crippen LogP) is 7.41. The van der Waals surface area contributed by atoms with E-state index in [-0.39, 0.29) is 10.8 Å². The molecule has 0 radical (unpaired) electrons. The van der Waals surface area contributed by atoms with E-state index in [9.17, 15) is 5.11 Å². The summed E-state index contributed by atoms with van der Waals surface area (Å²) in [6.45, 7) is 11.0. The molecule has 5 rings (SSSR count). The number of benzene rings is 3. The van der Waals surface area contributed by atoms with Gasteiger partial charge in [-0.05, 0) is 81.8 Å². The monoisotopic (exact) mass is 510 g/mol. The van der Waals surface area contributed by atoms with Gasteiger partial charge in [0, 0.05) is 19.8 Å². The molecule has 0 bridgehead atoms. The maximum Gasteiger partial charge on any atom is 0.112 e. The number of aliphatic hydroxyl groups is 1. The zero-order chi connectivity index (χ0) is 20.9. The van der Waals surface area contributed by atoms with Crippen LogP contribution in [0.5, 0.6) is 0 Å². The fourth-order valence-corrected chi connectivity index (χ4v) is 6.15. The number of fused-ring (bicyclic) bond motifs is 5. The molecule has 148 valence electrons. The molecule has 0 fully saturated rings. The van der Waals surface area contributed by atoms with Crippen molar-refractivity contribution in [1.82, 2.24) is 0 Å². The number of hydrogen-bond donors (Lipinski definition) is 1. The second-order valence-electron chi connectivity index (χ2n) is 9.65. The maximum atomic E-state index is 11.8. The smallest absolute Gasteiger partial charge is 0.112 e. The average molecular weight is 512 g/mol. The van der Waals surface area contributed by atoms with Crippen molar-refractivity contribution >= 4 is 31.9 Å². The largest absolute Gasteiger partial charge is 0.381 e. The summed E-state index contributed by atoms with van der Waals surface area (Å²) >= 11 is 7.24. The minimum absolute atomic E-state index is 0.110. The molecule has 0 amide bonds. The van der Waals surface area contributed by atoms with Gasteiger partial charge in [-0.15, -0.1) is 0 Å². The molecule has 1 N–H and O–H groups in total. The summed E-state index contributed by atoms with van der Waals surface area (Å²) in [4.78, 5) is 0. The van der Waals surface area contributed by atoms with Crippen LogP contribution in [0, 0.1) is 0 Å². The van der Waals surface area contributed by atoms with Crippen LogP contribution >= 0.6 is 31.9 Å². The molecular formula is C26H24Br2O. The van der Waals surface area contributed by atoms with E-state index >= 15 is 0 Å². The molecule has 0 aromatic heterocycles. The van der Waals surface area contributed by atoms with Crippen LogP contribution in [0.15, 0.2) is 57.5 Å². The van der Waals surface area contributed by atoms with Gasteiger partial charge in [0.05, 0.1) is 0 Å². The van der Waals surface area contributed by atoms with Gasteiger partial charge in [0.15, 0.2) is 0 Å². The summed E-state index contributed by atoms with van der Waals surface area (Å²) in [7, 11) is 0. The highest BCUT2D eigenvalue weighted by atomic mass is 79.9. The topological polar surface area (TPSA) is 20.2 Å². The molecule has 3 aromatic rings. The van der Waals surface area contributed by atoms with Crippen molar-refractivity contribution < 1.29 is 5.11 Å². The Bertz CT molecular complexity index is 1200. The lowest BCUT2D eigenvalue weighted by molar-refractivity contribution is 0.0938. The van der Waals surface area contributed by atoms with Gasteiger partial charge in [0.2, 0.25) is 0 Å². The first-order valence-electron chi connectivity index (χ1n) is 9.98. The minimum Gasteiger partial charge on any atom is -0.381 e. The Kier molecular flexibility index (Phi) is 3.93. The molecule has 2 aliphatic rings. The van der Waals surface area contributed by atoms with Crippen LogP contribution in [0.2, 0.25) is 0 Å². The van der Waals surface area contributed by atoms with E-state index in [1.807, 2.05) is 6.92 Å². The van der Waals surface area contributed by atoms with Crippen molar-refractivity contribution in [3.05, 3.63) is 90.9 Å². The van der Waals surface area contributed by atoms with Crippen molar-refractivity contribution in [3.8, 4) is 11.1 Å². The molecule has 0 saturated carbocycles. The first-order chi connectivity index (χ1) is 13.5. The van der Waals surface area contributed by atoms with Crippen molar-refractivity contribution in [2.75, 3.05) is 0 Å². The Balaban J connectivity index is 1.86. The summed E-state index contributed by atoms with van der Waals surface area (Å²) in [5, 5.41) is 11.8. The van der Waals surface area contributed by atoms with Crippen LogP contribution in [0.4, 0.5) is 0 Å². The van der Waals surface area contributed by atoms with Gasteiger partial charge in [-0.3, -0.25) is 0 Å². The van der Waals surface area contributed by atoms with Crippen molar-refractivity contribution in [1.29, 1.82) is 0 Å². The van der Waals surface area contributed by atoms with Crippen molar-refractivity contribution in [2.24, 2.45) is 0 Å². The second-order valence-corrected chi connectivity index (χ2v) is 11.5. The zero-order valence-corrected chi connectivity index (χ0v) is 20.5. The summed E-state index contributed by atoms with van der Waals surface area (Å²) in [6, 6.07) is 17.5. The first kappa shape index (κ1) is 19.5. The van der Waals surface area contributed by atoms with Crippen LogP contribution in [0.25, 0.3) is 11.1 Å². The van der Waals surface area contributed by atoms with Gasteiger partial charge < -0.3 is 5.11 Å². The average Bonchev–Trinajstić information content (AvgIpc) is 2.86. The third kappa shape index (κ3) is 2.47. The van der Waals surface area contributed by atoms with E-state index in [4.69, 9.17) is 0 Å². The molecule has 0 heterocycles. The van der Waals surface area contributed by atoms with Crippen molar-refractivity contribution in [3.63, 3.8) is 0 Å². The molecule has 1 nitrogen and oxygen atoms in total. The lowest BCUT2D eigenvalue weighted by atomic mass is 9.63. The second kappa shape index (κ2) is 5.84. The van der Waals surface area contributed by atoms with Gasteiger partial charge >= 0.3 is 0 Å². The van der Waals surface area contributed by atoms with E-state index in [1.165, 1.54) is 33.4 Å². The molecule has 0 aliphatic heterocycles. The Morgan fingerprint density at radius 2 is 1.07 bits per heavy atom. The Morgan fingerprint density at radius 1 is 0.552 bits per heavy atom. The fraction of sp³-hybridized carbons (Fsp3) is 0.308. The Morgan fingerprint density at radius 3 is 1.76 bits per heavy atom. The minimum atomic E-state index is -1.04. The number of hydrogen-bond acceptors (Lipinski definition) is 1. The quantitative estimate of drug-likeness (QED) is 0.333. The van der Waals surface area contributed by atoms with Crippen LogP contribution in [0.1, 0.15) is 68.0 Å². The highest BCUT2D eigenvalue weighted by Crippen LogP contribution is 2.55. The summed E-state index contributed by atoms with van der Waals surface area (Å²) in [5.74, 6) is 0. The summed E-state index contributed by atoms with van der Waals surface area (Å²) in [6.07, 6.45) is 0. The standard InChI is InChI=1S/C26H24Br2O/c1-24(2)18-9-7-15(28)11-22(18)26(5,29)23-13-20-17(12-21(23)24)16-8-6-14(27)10-19(16)25(20,3)4/h6-13,29H,1-5H3. The van der Waals surface area contributed by atoms with E-state index < -0.39 is 5.60 Å². The Labute approximate surface area is 189 Å². The molecule has 1 atom stereocenters. The summed E-state index contributed by atoms with van der Waals surface area (Å²) < 4.78 is 2.10. The Hall–Kier alpha value is -1.42. The van der Waals surface area contributed by atoms with E-state index in [0.717, 1.165) is 20.1 Å².